The van der Waals surface area contributed by atoms with Crippen molar-refractivity contribution in [3.05, 3.63) is 85.1 Å². The van der Waals surface area contributed by atoms with Gasteiger partial charge in [-0.05, 0) is 37.1 Å². The Balaban J connectivity index is 1.41. The predicted octanol–water partition coefficient (Wildman–Crippen LogP) is 5.28. The zero-order chi connectivity index (χ0) is 22.0. The van der Waals surface area contributed by atoms with Gasteiger partial charge in [0.25, 0.3) is 0 Å². The van der Waals surface area contributed by atoms with Crippen molar-refractivity contribution < 1.29 is 13.9 Å². The van der Waals surface area contributed by atoms with Gasteiger partial charge >= 0.3 is 5.63 Å². The van der Waals surface area contributed by atoms with Crippen molar-refractivity contribution in [1.29, 1.82) is 0 Å². The minimum absolute atomic E-state index is 0.126. The van der Waals surface area contributed by atoms with E-state index in [4.69, 9.17) is 20.8 Å². The van der Waals surface area contributed by atoms with Gasteiger partial charge in [-0.15, -0.1) is 11.3 Å². The molecule has 0 saturated carbocycles. The maximum Gasteiger partial charge on any atom is 0.336 e. The number of carbonyl (C=O) groups is 1. The molecule has 0 radical (unpaired) electrons. The number of aryl methyl sites for hydroxylation is 2. The number of ether oxygens (including phenoxy) is 1. The van der Waals surface area contributed by atoms with Gasteiger partial charge in [0.05, 0.1) is 17.1 Å². The van der Waals surface area contributed by atoms with Gasteiger partial charge in [0.1, 0.15) is 22.9 Å². The molecule has 0 atom stereocenters. The summed E-state index contributed by atoms with van der Waals surface area (Å²) in [7, 11) is 0. The van der Waals surface area contributed by atoms with E-state index in [9.17, 15) is 9.59 Å². The van der Waals surface area contributed by atoms with Crippen molar-refractivity contribution >= 4 is 45.5 Å². The summed E-state index contributed by atoms with van der Waals surface area (Å²) in [6, 6.07) is 12.4. The first-order valence-electron chi connectivity index (χ1n) is 9.54. The Kier molecular flexibility index (Phi) is 6.06. The van der Waals surface area contributed by atoms with Crippen LogP contribution in [-0.4, -0.2) is 10.9 Å². The topological polar surface area (TPSA) is 81.4 Å². The van der Waals surface area contributed by atoms with Gasteiger partial charge < -0.3 is 14.5 Å². The van der Waals surface area contributed by atoms with Crippen molar-refractivity contribution in [3.8, 4) is 5.75 Å². The third-order valence-electron chi connectivity index (χ3n) is 4.71. The van der Waals surface area contributed by atoms with Crippen molar-refractivity contribution in [3.63, 3.8) is 0 Å². The fourth-order valence-electron chi connectivity index (χ4n) is 3.12. The summed E-state index contributed by atoms with van der Waals surface area (Å²) in [6.07, 6.45) is 0.181. The number of rotatable bonds is 6. The van der Waals surface area contributed by atoms with E-state index in [-0.39, 0.29) is 18.9 Å². The molecule has 31 heavy (non-hydrogen) atoms. The molecule has 4 aromatic rings. The highest BCUT2D eigenvalue weighted by atomic mass is 35.5. The average molecular weight is 455 g/mol. The van der Waals surface area contributed by atoms with Gasteiger partial charge in [-0.1, -0.05) is 29.8 Å². The highest BCUT2D eigenvalue weighted by Gasteiger charge is 2.12. The molecular formula is C23H19ClN2O4S. The lowest BCUT2D eigenvalue weighted by atomic mass is 10.1. The number of nitrogens with zero attached hydrogens (tertiary/aromatic N) is 1. The fourth-order valence-corrected chi connectivity index (χ4v) is 4.12. The Morgan fingerprint density at radius 1 is 1.19 bits per heavy atom. The third-order valence-corrected chi connectivity index (χ3v) is 5.90. The summed E-state index contributed by atoms with van der Waals surface area (Å²) in [4.78, 5) is 28.4. The van der Waals surface area contributed by atoms with Crippen molar-refractivity contribution in [1.82, 2.24) is 4.98 Å². The van der Waals surface area contributed by atoms with Crippen LogP contribution < -0.4 is 15.7 Å². The molecule has 2 heterocycles. The highest BCUT2D eigenvalue weighted by Crippen LogP contribution is 2.31. The van der Waals surface area contributed by atoms with Crippen LogP contribution >= 0.6 is 22.9 Å². The van der Waals surface area contributed by atoms with Gasteiger partial charge in [-0.3, -0.25) is 4.79 Å². The first-order valence-corrected chi connectivity index (χ1v) is 10.8. The molecule has 0 spiro atoms. The third kappa shape index (κ3) is 4.95. The summed E-state index contributed by atoms with van der Waals surface area (Å²) in [6.45, 7) is 3.94. The van der Waals surface area contributed by atoms with Gasteiger partial charge in [-0.2, -0.15) is 0 Å². The molecule has 0 fully saturated rings. The molecule has 1 N–H and O–H groups in total. The molecule has 8 heteroatoms. The van der Waals surface area contributed by atoms with Crippen LogP contribution in [0.3, 0.4) is 0 Å². The smallest absolute Gasteiger partial charge is 0.336 e. The predicted molar refractivity (Wildman–Crippen MR) is 122 cm³/mol. The number of thiazole rings is 1. The Bertz CT molecular complexity index is 1330. The van der Waals surface area contributed by atoms with Crippen LogP contribution in [0.2, 0.25) is 5.02 Å². The van der Waals surface area contributed by atoms with Gasteiger partial charge in [0.15, 0.2) is 0 Å². The van der Waals surface area contributed by atoms with E-state index in [1.807, 2.05) is 43.5 Å². The number of fused-ring (bicyclic) bond motifs is 1. The molecule has 2 aromatic heterocycles. The molecule has 0 aliphatic carbocycles. The molecule has 0 aliphatic heterocycles. The fraction of sp³-hybridized carbons (Fsp3) is 0.174. The maximum atomic E-state index is 12.3. The number of nitrogens with one attached hydrogen (secondary N) is 1. The van der Waals surface area contributed by atoms with Crippen LogP contribution in [-0.2, 0) is 17.8 Å². The summed E-state index contributed by atoms with van der Waals surface area (Å²) in [5, 5.41) is 6.61. The maximum absolute atomic E-state index is 12.3. The van der Waals surface area contributed by atoms with Gasteiger partial charge in [0.2, 0.25) is 5.91 Å². The van der Waals surface area contributed by atoms with Gasteiger partial charge in [-0.25, -0.2) is 9.78 Å². The quantitative estimate of drug-likeness (QED) is 0.401. The minimum Gasteiger partial charge on any atom is -0.486 e. The molecule has 6 nitrogen and oxygen atoms in total. The number of hydrogen-bond donors (Lipinski definition) is 1. The summed E-state index contributed by atoms with van der Waals surface area (Å²) in [5.41, 5.74) is 3.25. The summed E-state index contributed by atoms with van der Waals surface area (Å²) >= 11 is 7.72. The molecule has 158 valence electrons. The van der Waals surface area contributed by atoms with Crippen LogP contribution in [0, 0.1) is 13.8 Å². The van der Waals surface area contributed by atoms with Crippen molar-refractivity contribution in [2.75, 3.05) is 5.32 Å². The number of aromatic nitrogens is 1. The van der Waals surface area contributed by atoms with Crippen molar-refractivity contribution in [2.24, 2.45) is 0 Å². The Labute approximate surface area is 187 Å². The van der Waals surface area contributed by atoms with E-state index in [0.29, 0.717) is 27.1 Å². The summed E-state index contributed by atoms with van der Waals surface area (Å²) < 4.78 is 11.0. The van der Waals surface area contributed by atoms with Crippen LogP contribution in [0.1, 0.15) is 21.8 Å². The second kappa shape index (κ2) is 8.91. The zero-order valence-corrected chi connectivity index (χ0v) is 18.5. The molecule has 2 aromatic carbocycles. The summed E-state index contributed by atoms with van der Waals surface area (Å²) in [5.74, 6) is 0.272. The molecule has 0 unspecified atom stereocenters. The second-order valence-corrected chi connectivity index (χ2v) is 8.44. The molecule has 4 rings (SSSR count). The number of benzene rings is 2. The van der Waals surface area contributed by atoms with Crippen molar-refractivity contribution in [2.45, 2.75) is 26.9 Å². The zero-order valence-electron chi connectivity index (χ0n) is 16.9. The minimum atomic E-state index is -0.425. The monoisotopic (exact) mass is 454 g/mol. The first-order chi connectivity index (χ1) is 14.9. The van der Waals surface area contributed by atoms with E-state index >= 15 is 0 Å². The standard InChI is InChI=1S/C23H19ClN2O4S/c1-13-5-3-4-6-18(13)26-21(27)10-22-25-15(12-31-22)11-29-20-9-19-16(8-17(20)24)14(2)7-23(28)30-19/h3-9,12H,10-11H2,1-2H3,(H,26,27). The Hall–Kier alpha value is -3.16. The van der Waals surface area contributed by atoms with Crippen LogP contribution in [0.15, 0.2) is 57.1 Å². The van der Waals surface area contributed by atoms with Crippen LogP contribution in [0.4, 0.5) is 5.69 Å². The Morgan fingerprint density at radius 2 is 2.00 bits per heavy atom. The highest BCUT2D eigenvalue weighted by molar-refractivity contribution is 7.09. The molecule has 0 aliphatic rings. The first kappa shape index (κ1) is 21.1. The number of halogens is 1. The molecule has 0 saturated heterocycles. The Morgan fingerprint density at radius 3 is 2.81 bits per heavy atom. The van der Waals surface area contributed by atoms with E-state index < -0.39 is 5.63 Å². The SMILES string of the molecule is Cc1ccccc1NC(=O)Cc1nc(COc2cc3oc(=O)cc(C)c3cc2Cl)cs1. The lowest BCUT2D eigenvalue weighted by Gasteiger charge is -2.09. The van der Waals surface area contributed by atoms with E-state index in [1.165, 1.54) is 17.4 Å². The van der Waals surface area contributed by atoms with Crippen LogP contribution in [0.5, 0.6) is 5.75 Å². The molecule has 0 bridgehead atoms. The lowest BCUT2D eigenvalue weighted by Crippen LogP contribution is -2.15. The van der Waals surface area contributed by atoms with E-state index in [2.05, 4.69) is 10.3 Å². The second-order valence-electron chi connectivity index (χ2n) is 7.09. The number of amides is 1. The number of anilines is 1. The number of carbonyl (C=O) groups excluding carboxylic acids is 1. The number of para-hydroxylation sites is 1. The lowest BCUT2D eigenvalue weighted by molar-refractivity contribution is -0.115. The van der Waals surface area contributed by atoms with E-state index in [1.54, 1.807) is 12.1 Å². The molecule has 1 amide bonds. The largest absolute Gasteiger partial charge is 0.486 e. The molecular weight excluding hydrogens is 436 g/mol. The normalized spacial score (nSPS) is 10.9. The van der Waals surface area contributed by atoms with Crippen LogP contribution in [0.25, 0.3) is 11.0 Å². The van der Waals surface area contributed by atoms with E-state index in [0.717, 1.165) is 22.2 Å². The number of hydrogen-bond acceptors (Lipinski definition) is 6. The van der Waals surface area contributed by atoms with Gasteiger partial charge in [0, 0.05) is 28.6 Å². The average Bonchev–Trinajstić information content (AvgIpc) is 3.16.